The Morgan fingerprint density at radius 1 is 1.47 bits per heavy atom. The minimum absolute atomic E-state index is 0.107. The van der Waals surface area contributed by atoms with Gasteiger partial charge in [0.25, 0.3) is 5.91 Å². The monoisotopic (exact) mass is 270 g/mol. The zero-order valence-electron chi connectivity index (χ0n) is 11.1. The van der Waals surface area contributed by atoms with Crippen LogP contribution in [0.5, 0.6) is 5.75 Å². The zero-order chi connectivity index (χ0) is 14.3. The summed E-state index contributed by atoms with van der Waals surface area (Å²) in [5, 5.41) is 14.6. The van der Waals surface area contributed by atoms with Gasteiger partial charge in [0.2, 0.25) is 0 Å². The Morgan fingerprint density at radius 3 is 2.79 bits per heavy atom. The predicted octanol–water partition coefficient (Wildman–Crippen LogP) is 0.534. The standard InChI is InChI=1S/C13H19FN2O3/c1-9(17)8-15-5-6-16-13(18)10-3-4-12(19-2)11(14)7-10/h3-4,7,9,15,17H,5-6,8H2,1-2H3,(H,16,18). The molecule has 0 aliphatic carbocycles. The molecule has 0 heterocycles. The number of amides is 1. The van der Waals surface area contributed by atoms with E-state index < -0.39 is 11.9 Å². The van der Waals surface area contributed by atoms with Crippen LogP contribution in [0.2, 0.25) is 0 Å². The third-order valence-electron chi connectivity index (χ3n) is 2.44. The van der Waals surface area contributed by atoms with E-state index >= 15 is 0 Å². The summed E-state index contributed by atoms with van der Waals surface area (Å²) in [5.41, 5.74) is 0.244. The van der Waals surface area contributed by atoms with E-state index in [2.05, 4.69) is 10.6 Å². The van der Waals surface area contributed by atoms with Crippen molar-refractivity contribution < 1.29 is 19.0 Å². The van der Waals surface area contributed by atoms with Gasteiger partial charge in [-0.25, -0.2) is 4.39 Å². The molecule has 0 aliphatic rings. The van der Waals surface area contributed by atoms with E-state index in [0.717, 1.165) is 6.07 Å². The van der Waals surface area contributed by atoms with Gasteiger partial charge < -0.3 is 20.5 Å². The first-order valence-corrected chi connectivity index (χ1v) is 6.05. The molecule has 1 unspecified atom stereocenters. The van der Waals surface area contributed by atoms with Crippen LogP contribution >= 0.6 is 0 Å². The number of aliphatic hydroxyl groups excluding tert-OH is 1. The molecule has 1 aromatic rings. The van der Waals surface area contributed by atoms with Gasteiger partial charge in [0, 0.05) is 25.2 Å². The van der Waals surface area contributed by atoms with Gasteiger partial charge in [-0.2, -0.15) is 0 Å². The SMILES string of the molecule is COc1ccc(C(=O)NCCNCC(C)O)cc1F. The fraction of sp³-hybridized carbons (Fsp3) is 0.462. The maximum absolute atomic E-state index is 13.4. The van der Waals surface area contributed by atoms with E-state index in [9.17, 15) is 9.18 Å². The second-order valence-electron chi connectivity index (χ2n) is 4.16. The molecule has 0 fully saturated rings. The first-order chi connectivity index (χ1) is 9.04. The summed E-state index contributed by atoms with van der Waals surface area (Å²) >= 11 is 0. The van der Waals surface area contributed by atoms with E-state index in [1.807, 2.05) is 0 Å². The smallest absolute Gasteiger partial charge is 0.251 e. The summed E-state index contributed by atoms with van der Waals surface area (Å²) in [6, 6.07) is 4.05. The Morgan fingerprint density at radius 2 is 2.21 bits per heavy atom. The summed E-state index contributed by atoms with van der Waals surface area (Å²) < 4.78 is 18.2. The molecular formula is C13H19FN2O3. The average Bonchev–Trinajstić information content (AvgIpc) is 2.37. The highest BCUT2D eigenvalue weighted by Crippen LogP contribution is 2.17. The van der Waals surface area contributed by atoms with Crippen LogP contribution in [0, 0.1) is 5.82 Å². The van der Waals surface area contributed by atoms with Crippen molar-refractivity contribution >= 4 is 5.91 Å². The van der Waals surface area contributed by atoms with E-state index in [1.165, 1.54) is 19.2 Å². The lowest BCUT2D eigenvalue weighted by atomic mass is 10.2. The van der Waals surface area contributed by atoms with E-state index in [4.69, 9.17) is 9.84 Å². The zero-order valence-corrected chi connectivity index (χ0v) is 11.1. The van der Waals surface area contributed by atoms with Gasteiger partial charge in [0.05, 0.1) is 13.2 Å². The van der Waals surface area contributed by atoms with Crippen molar-refractivity contribution in [2.45, 2.75) is 13.0 Å². The second kappa shape index (κ2) is 7.70. The number of methoxy groups -OCH3 is 1. The molecule has 3 N–H and O–H groups in total. The first kappa shape index (κ1) is 15.4. The van der Waals surface area contributed by atoms with Crippen LogP contribution in [0.25, 0.3) is 0 Å². The van der Waals surface area contributed by atoms with Gasteiger partial charge in [-0.3, -0.25) is 4.79 Å². The molecule has 0 saturated carbocycles. The lowest BCUT2D eigenvalue weighted by Crippen LogP contribution is -2.34. The maximum atomic E-state index is 13.4. The summed E-state index contributed by atoms with van der Waals surface area (Å²) in [5.74, 6) is -0.807. The van der Waals surface area contributed by atoms with Crippen molar-refractivity contribution in [3.05, 3.63) is 29.6 Å². The highest BCUT2D eigenvalue weighted by atomic mass is 19.1. The van der Waals surface area contributed by atoms with Crippen molar-refractivity contribution in [1.29, 1.82) is 0 Å². The van der Waals surface area contributed by atoms with Crippen LogP contribution in [0.15, 0.2) is 18.2 Å². The molecule has 0 spiro atoms. The molecule has 1 atom stereocenters. The highest BCUT2D eigenvalue weighted by Gasteiger charge is 2.09. The molecule has 1 rings (SSSR count). The minimum atomic E-state index is -0.567. The van der Waals surface area contributed by atoms with Crippen LogP contribution < -0.4 is 15.4 Å². The number of benzene rings is 1. The van der Waals surface area contributed by atoms with Crippen molar-refractivity contribution in [2.75, 3.05) is 26.7 Å². The van der Waals surface area contributed by atoms with Crippen LogP contribution in [-0.2, 0) is 0 Å². The Labute approximate surface area is 111 Å². The molecular weight excluding hydrogens is 251 g/mol. The number of hydrogen-bond acceptors (Lipinski definition) is 4. The molecule has 5 nitrogen and oxygen atoms in total. The van der Waals surface area contributed by atoms with Crippen LogP contribution in [-0.4, -0.2) is 43.9 Å². The van der Waals surface area contributed by atoms with Gasteiger partial charge in [0.1, 0.15) is 0 Å². The molecule has 1 aromatic carbocycles. The molecule has 0 aromatic heterocycles. The molecule has 0 aliphatic heterocycles. The van der Waals surface area contributed by atoms with E-state index in [0.29, 0.717) is 19.6 Å². The summed E-state index contributed by atoms with van der Waals surface area (Å²) in [4.78, 5) is 11.7. The minimum Gasteiger partial charge on any atom is -0.494 e. The summed E-state index contributed by atoms with van der Waals surface area (Å²) in [7, 11) is 1.37. The van der Waals surface area contributed by atoms with E-state index in [-0.39, 0.29) is 17.2 Å². The van der Waals surface area contributed by atoms with Crippen LogP contribution in [0.4, 0.5) is 4.39 Å². The number of carbonyl (C=O) groups excluding carboxylic acids is 1. The summed E-state index contributed by atoms with van der Waals surface area (Å²) in [6.07, 6.45) is -0.425. The topological polar surface area (TPSA) is 70.6 Å². The number of rotatable bonds is 7. The number of nitrogens with one attached hydrogen (secondary N) is 2. The second-order valence-corrected chi connectivity index (χ2v) is 4.16. The average molecular weight is 270 g/mol. The lowest BCUT2D eigenvalue weighted by Gasteiger charge is -2.09. The molecule has 0 bridgehead atoms. The highest BCUT2D eigenvalue weighted by molar-refractivity contribution is 5.94. The molecule has 0 radical (unpaired) electrons. The Bertz CT molecular complexity index is 424. The van der Waals surface area contributed by atoms with Crippen molar-refractivity contribution in [1.82, 2.24) is 10.6 Å². The largest absolute Gasteiger partial charge is 0.494 e. The van der Waals surface area contributed by atoms with Crippen molar-refractivity contribution in [3.8, 4) is 5.75 Å². The fourth-order valence-electron chi connectivity index (χ4n) is 1.49. The van der Waals surface area contributed by atoms with Crippen molar-refractivity contribution in [2.24, 2.45) is 0 Å². The maximum Gasteiger partial charge on any atom is 0.251 e. The van der Waals surface area contributed by atoms with Crippen LogP contribution in [0.1, 0.15) is 17.3 Å². The number of hydrogen-bond donors (Lipinski definition) is 3. The van der Waals surface area contributed by atoms with E-state index in [1.54, 1.807) is 6.92 Å². The van der Waals surface area contributed by atoms with Gasteiger partial charge >= 0.3 is 0 Å². The Kier molecular flexibility index (Phi) is 6.24. The number of halogens is 1. The number of carbonyl (C=O) groups is 1. The quantitative estimate of drug-likeness (QED) is 0.632. The molecule has 106 valence electrons. The third kappa shape index (κ3) is 5.23. The lowest BCUT2D eigenvalue weighted by molar-refractivity contribution is 0.0953. The summed E-state index contributed by atoms with van der Waals surface area (Å²) in [6.45, 7) is 3.08. The predicted molar refractivity (Wildman–Crippen MR) is 69.8 cm³/mol. The van der Waals surface area contributed by atoms with Crippen molar-refractivity contribution in [3.63, 3.8) is 0 Å². The van der Waals surface area contributed by atoms with Crippen LogP contribution in [0.3, 0.4) is 0 Å². The normalized spacial score (nSPS) is 12.0. The third-order valence-corrected chi connectivity index (χ3v) is 2.44. The Hall–Kier alpha value is -1.66. The molecule has 6 heteroatoms. The van der Waals surface area contributed by atoms with Gasteiger partial charge in [0.15, 0.2) is 11.6 Å². The number of ether oxygens (including phenoxy) is 1. The molecule has 0 saturated heterocycles. The van der Waals surface area contributed by atoms with Gasteiger partial charge in [-0.15, -0.1) is 0 Å². The molecule has 1 amide bonds. The van der Waals surface area contributed by atoms with Gasteiger partial charge in [-0.1, -0.05) is 0 Å². The number of aliphatic hydroxyl groups is 1. The fourth-order valence-corrected chi connectivity index (χ4v) is 1.49. The first-order valence-electron chi connectivity index (χ1n) is 6.05. The molecule has 19 heavy (non-hydrogen) atoms. The van der Waals surface area contributed by atoms with Gasteiger partial charge in [-0.05, 0) is 25.1 Å². The Balaban J connectivity index is 2.39.